The fraction of sp³-hybridized carbons (Fsp3) is 0.0526. The van der Waals surface area contributed by atoms with Crippen molar-refractivity contribution >= 4 is 39.8 Å². The summed E-state index contributed by atoms with van der Waals surface area (Å²) in [5.74, 6) is -0.457. The molecule has 1 amide bonds. The Hall–Kier alpha value is -3.79. The Bertz CT molecular complexity index is 1240. The molecule has 144 valence electrons. The molecule has 0 aliphatic rings. The second kappa shape index (κ2) is 7.68. The van der Waals surface area contributed by atoms with E-state index in [1.807, 2.05) is 36.4 Å². The molecule has 0 saturated carbocycles. The molecule has 1 heterocycles. The minimum atomic E-state index is -0.537. The fourth-order valence-electron chi connectivity index (χ4n) is 2.77. The van der Waals surface area contributed by atoms with Crippen LogP contribution in [0.2, 0.25) is 0 Å². The minimum absolute atomic E-state index is 0.167. The number of non-ortho nitro benzene ring substituents is 1. The third kappa shape index (κ3) is 3.92. The summed E-state index contributed by atoms with van der Waals surface area (Å²) in [5, 5.41) is 27.7. The molecule has 0 atom stereocenters. The van der Waals surface area contributed by atoms with Gasteiger partial charge in [0.2, 0.25) is 5.16 Å². The highest BCUT2D eigenvalue weighted by Crippen LogP contribution is 2.31. The van der Waals surface area contributed by atoms with Crippen LogP contribution in [-0.2, 0) is 7.05 Å². The summed E-state index contributed by atoms with van der Waals surface area (Å²) < 4.78 is 1.46. The number of nitro benzene ring substituents is 1. The molecular weight excluding hydrogens is 392 g/mol. The number of hydrogen-bond donors (Lipinski definition) is 1. The van der Waals surface area contributed by atoms with Gasteiger partial charge in [0, 0.05) is 29.8 Å². The van der Waals surface area contributed by atoms with Crippen molar-refractivity contribution in [2.75, 3.05) is 5.32 Å². The molecular formula is C19H14N6O3S. The van der Waals surface area contributed by atoms with Crippen molar-refractivity contribution in [2.24, 2.45) is 7.05 Å². The number of hydrogen-bond acceptors (Lipinski definition) is 7. The van der Waals surface area contributed by atoms with Crippen LogP contribution in [0.1, 0.15) is 10.4 Å². The number of tetrazole rings is 1. The Morgan fingerprint density at radius 3 is 2.62 bits per heavy atom. The van der Waals surface area contributed by atoms with Crippen molar-refractivity contribution in [3.05, 3.63) is 76.3 Å². The van der Waals surface area contributed by atoms with E-state index in [0.29, 0.717) is 15.7 Å². The van der Waals surface area contributed by atoms with Crippen LogP contribution in [0.4, 0.5) is 11.4 Å². The van der Waals surface area contributed by atoms with Crippen LogP contribution in [0.25, 0.3) is 10.8 Å². The lowest BCUT2D eigenvalue weighted by molar-refractivity contribution is -0.384. The number of rotatable bonds is 5. The molecule has 1 aromatic heterocycles. The molecule has 10 heteroatoms. The van der Waals surface area contributed by atoms with Crippen LogP contribution in [0.5, 0.6) is 0 Å². The number of aryl methyl sites for hydroxylation is 1. The zero-order valence-electron chi connectivity index (χ0n) is 15.1. The molecule has 0 fully saturated rings. The molecule has 0 aliphatic carbocycles. The molecule has 9 nitrogen and oxygen atoms in total. The lowest BCUT2D eigenvalue weighted by atomic mass is 10.1. The highest BCUT2D eigenvalue weighted by Gasteiger charge is 2.19. The predicted octanol–water partition coefficient (Wildman–Crippen LogP) is 3.68. The van der Waals surface area contributed by atoms with Crippen LogP contribution >= 0.6 is 11.8 Å². The van der Waals surface area contributed by atoms with E-state index in [9.17, 15) is 14.9 Å². The van der Waals surface area contributed by atoms with Crippen molar-refractivity contribution in [2.45, 2.75) is 10.1 Å². The Morgan fingerprint density at radius 2 is 1.90 bits per heavy atom. The van der Waals surface area contributed by atoms with E-state index in [1.54, 1.807) is 13.1 Å². The number of carbonyl (C=O) groups excluding carboxylic acids is 1. The Balaban J connectivity index is 1.68. The molecule has 4 aromatic rings. The Labute approximate surface area is 168 Å². The lowest BCUT2D eigenvalue weighted by Crippen LogP contribution is -2.13. The van der Waals surface area contributed by atoms with E-state index in [0.717, 1.165) is 22.5 Å². The van der Waals surface area contributed by atoms with Gasteiger partial charge in [-0.2, -0.15) is 0 Å². The number of nitro groups is 1. The standard InChI is InChI=1S/C19H14N6O3S/c1-24-19(21-22-23-24)29-17-9-8-15(25(27)28)11-16(17)18(26)20-14-7-6-12-4-2-3-5-13(12)10-14/h2-11H,1H3,(H,20,26). The van der Waals surface area contributed by atoms with Crippen LogP contribution in [-0.4, -0.2) is 31.0 Å². The van der Waals surface area contributed by atoms with Crippen molar-refractivity contribution in [3.8, 4) is 0 Å². The van der Waals surface area contributed by atoms with Gasteiger partial charge < -0.3 is 5.32 Å². The molecule has 3 aromatic carbocycles. The molecule has 0 spiro atoms. The normalized spacial score (nSPS) is 10.8. The zero-order valence-corrected chi connectivity index (χ0v) is 16.0. The number of benzene rings is 3. The molecule has 0 radical (unpaired) electrons. The van der Waals surface area contributed by atoms with Crippen molar-refractivity contribution < 1.29 is 9.72 Å². The van der Waals surface area contributed by atoms with Gasteiger partial charge >= 0.3 is 0 Å². The fourth-order valence-corrected chi connectivity index (χ4v) is 3.61. The number of nitrogens with zero attached hydrogens (tertiary/aromatic N) is 5. The minimum Gasteiger partial charge on any atom is -0.322 e. The number of fused-ring (bicyclic) bond motifs is 1. The van der Waals surface area contributed by atoms with Gasteiger partial charge in [-0.05, 0) is 51.2 Å². The quantitative estimate of drug-likeness (QED) is 0.397. The molecule has 0 aliphatic heterocycles. The second-order valence-electron chi connectivity index (χ2n) is 6.14. The number of nitrogens with one attached hydrogen (secondary N) is 1. The molecule has 4 rings (SSSR count). The predicted molar refractivity (Wildman–Crippen MR) is 108 cm³/mol. The van der Waals surface area contributed by atoms with Gasteiger partial charge in [0.15, 0.2) is 0 Å². The summed E-state index contributed by atoms with van der Waals surface area (Å²) in [4.78, 5) is 24.1. The van der Waals surface area contributed by atoms with Gasteiger partial charge in [-0.1, -0.05) is 30.3 Å². The van der Waals surface area contributed by atoms with Crippen LogP contribution < -0.4 is 5.32 Å². The number of aromatic nitrogens is 4. The Kier molecular flexibility index (Phi) is 4.92. The lowest BCUT2D eigenvalue weighted by Gasteiger charge is -2.10. The first-order chi connectivity index (χ1) is 14.0. The topological polar surface area (TPSA) is 116 Å². The van der Waals surface area contributed by atoms with E-state index in [-0.39, 0.29) is 11.3 Å². The SMILES string of the molecule is Cn1nnnc1Sc1ccc([N+](=O)[O-])cc1C(=O)Nc1ccc2ccccc2c1. The van der Waals surface area contributed by atoms with E-state index in [2.05, 4.69) is 20.8 Å². The van der Waals surface area contributed by atoms with Gasteiger partial charge in [-0.3, -0.25) is 14.9 Å². The van der Waals surface area contributed by atoms with Crippen molar-refractivity contribution in [1.29, 1.82) is 0 Å². The number of amides is 1. The number of carbonyl (C=O) groups is 1. The third-order valence-corrected chi connectivity index (χ3v) is 5.31. The van der Waals surface area contributed by atoms with Gasteiger partial charge in [0.1, 0.15) is 0 Å². The van der Waals surface area contributed by atoms with E-state index >= 15 is 0 Å². The van der Waals surface area contributed by atoms with Crippen LogP contribution in [0.15, 0.2) is 70.7 Å². The first kappa shape index (κ1) is 18.6. The smallest absolute Gasteiger partial charge is 0.270 e. The van der Waals surface area contributed by atoms with Gasteiger partial charge in [0.25, 0.3) is 11.6 Å². The average molecular weight is 406 g/mol. The molecule has 29 heavy (non-hydrogen) atoms. The summed E-state index contributed by atoms with van der Waals surface area (Å²) in [5.41, 5.74) is 0.589. The summed E-state index contributed by atoms with van der Waals surface area (Å²) in [7, 11) is 1.67. The third-order valence-electron chi connectivity index (χ3n) is 4.21. The highest BCUT2D eigenvalue weighted by atomic mass is 32.2. The van der Waals surface area contributed by atoms with E-state index in [4.69, 9.17) is 0 Å². The molecule has 0 saturated heterocycles. The van der Waals surface area contributed by atoms with Gasteiger partial charge in [-0.25, -0.2) is 4.68 Å². The zero-order chi connectivity index (χ0) is 20.4. The van der Waals surface area contributed by atoms with E-state index in [1.165, 1.54) is 22.9 Å². The number of anilines is 1. The average Bonchev–Trinajstić information content (AvgIpc) is 3.12. The van der Waals surface area contributed by atoms with Gasteiger partial charge in [-0.15, -0.1) is 5.10 Å². The Morgan fingerprint density at radius 1 is 1.10 bits per heavy atom. The second-order valence-corrected chi connectivity index (χ2v) is 7.15. The monoisotopic (exact) mass is 406 g/mol. The summed E-state index contributed by atoms with van der Waals surface area (Å²) in [6.07, 6.45) is 0. The highest BCUT2D eigenvalue weighted by molar-refractivity contribution is 7.99. The van der Waals surface area contributed by atoms with Crippen LogP contribution in [0, 0.1) is 10.1 Å². The largest absolute Gasteiger partial charge is 0.322 e. The summed E-state index contributed by atoms with van der Waals surface area (Å²) >= 11 is 1.15. The van der Waals surface area contributed by atoms with Crippen molar-refractivity contribution in [3.63, 3.8) is 0 Å². The molecule has 0 unspecified atom stereocenters. The maximum Gasteiger partial charge on any atom is 0.270 e. The molecule has 1 N–H and O–H groups in total. The summed E-state index contributed by atoms with van der Waals surface area (Å²) in [6.45, 7) is 0. The van der Waals surface area contributed by atoms with Gasteiger partial charge in [0.05, 0.1) is 10.5 Å². The first-order valence-electron chi connectivity index (χ1n) is 8.50. The first-order valence-corrected chi connectivity index (χ1v) is 9.32. The van der Waals surface area contributed by atoms with E-state index < -0.39 is 10.8 Å². The molecule has 0 bridgehead atoms. The summed E-state index contributed by atoms with van der Waals surface area (Å²) in [6, 6.07) is 17.4. The van der Waals surface area contributed by atoms with Crippen LogP contribution in [0.3, 0.4) is 0 Å². The maximum absolute atomic E-state index is 13.0. The van der Waals surface area contributed by atoms with Crippen molar-refractivity contribution in [1.82, 2.24) is 20.2 Å². The maximum atomic E-state index is 13.0.